The standard InChI is InChI=1S/C11H16BrNO2/c1-2-14-5-6-15-8-9-3-4-10(12)7-11(9)13/h3-4,7H,2,5-6,8,13H2,1H3. The number of ether oxygens (including phenoxy) is 2. The Kier molecular flexibility index (Phi) is 5.68. The van der Waals surface area contributed by atoms with E-state index in [0.29, 0.717) is 19.8 Å². The molecule has 0 aliphatic carbocycles. The Morgan fingerprint density at radius 1 is 1.27 bits per heavy atom. The molecule has 1 aromatic carbocycles. The second-order valence-corrected chi connectivity index (χ2v) is 4.01. The molecule has 0 spiro atoms. The lowest BCUT2D eigenvalue weighted by molar-refractivity contribution is 0.0455. The van der Waals surface area contributed by atoms with E-state index in [9.17, 15) is 0 Å². The number of nitrogen functional groups attached to an aromatic ring is 1. The SMILES string of the molecule is CCOCCOCc1ccc(Br)cc1N. The van der Waals surface area contributed by atoms with Crippen LogP contribution in [0.4, 0.5) is 5.69 Å². The largest absolute Gasteiger partial charge is 0.398 e. The van der Waals surface area contributed by atoms with Gasteiger partial charge in [0.15, 0.2) is 0 Å². The highest BCUT2D eigenvalue weighted by molar-refractivity contribution is 9.10. The predicted octanol–water partition coefficient (Wildman–Crippen LogP) is 2.58. The zero-order valence-corrected chi connectivity index (χ0v) is 10.4. The molecule has 1 rings (SSSR count). The molecule has 84 valence electrons. The molecular weight excluding hydrogens is 258 g/mol. The molecule has 1 aromatic rings. The molecule has 0 fully saturated rings. The van der Waals surface area contributed by atoms with Crippen LogP contribution >= 0.6 is 15.9 Å². The van der Waals surface area contributed by atoms with Crippen molar-refractivity contribution in [3.63, 3.8) is 0 Å². The van der Waals surface area contributed by atoms with Crippen molar-refractivity contribution < 1.29 is 9.47 Å². The number of benzene rings is 1. The van der Waals surface area contributed by atoms with Crippen LogP contribution in [0.2, 0.25) is 0 Å². The van der Waals surface area contributed by atoms with Gasteiger partial charge < -0.3 is 15.2 Å². The summed E-state index contributed by atoms with van der Waals surface area (Å²) in [5.74, 6) is 0. The Balaban J connectivity index is 2.31. The Hall–Kier alpha value is -0.580. The first-order valence-corrected chi connectivity index (χ1v) is 5.72. The summed E-state index contributed by atoms with van der Waals surface area (Å²) in [7, 11) is 0. The minimum Gasteiger partial charge on any atom is -0.398 e. The quantitative estimate of drug-likeness (QED) is 0.640. The summed E-state index contributed by atoms with van der Waals surface area (Å²) in [4.78, 5) is 0. The van der Waals surface area contributed by atoms with Crippen molar-refractivity contribution in [2.24, 2.45) is 0 Å². The van der Waals surface area contributed by atoms with Crippen LogP contribution in [0.3, 0.4) is 0 Å². The number of hydrogen-bond donors (Lipinski definition) is 1. The highest BCUT2D eigenvalue weighted by Crippen LogP contribution is 2.18. The number of rotatable bonds is 6. The van der Waals surface area contributed by atoms with Gasteiger partial charge in [-0.25, -0.2) is 0 Å². The van der Waals surface area contributed by atoms with E-state index in [1.165, 1.54) is 0 Å². The van der Waals surface area contributed by atoms with Crippen LogP contribution in [0.25, 0.3) is 0 Å². The first-order valence-electron chi connectivity index (χ1n) is 4.93. The van der Waals surface area contributed by atoms with Crippen LogP contribution in [0.15, 0.2) is 22.7 Å². The molecule has 0 amide bonds. The molecule has 0 aliphatic heterocycles. The molecule has 0 aliphatic rings. The Labute approximate surface area is 98.7 Å². The van der Waals surface area contributed by atoms with Gasteiger partial charge in [-0.2, -0.15) is 0 Å². The molecule has 0 radical (unpaired) electrons. The summed E-state index contributed by atoms with van der Waals surface area (Å²) in [5.41, 5.74) is 7.58. The maximum Gasteiger partial charge on any atom is 0.0738 e. The fraction of sp³-hybridized carbons (Fsp3) is 0.455. The Morgan fingerprint density at radius 3 is 2.67 bits per heavy atom. The van der Waals surface area contributed by atoms with Crippen molar-refractivity contribution >= 4 is 21.6 Å². The van der Waals surface area contributed by atoms with Gasteiger partial charge in [-0.05, 0) is 19.1 Å². The molecule has 15 heavy (non-hydrogen) atoms. The first-order chi connectivity index (χ1) is 7.24. The second kappa shape index (κ2) is 6.82. The van der Waals surface area contributed by atoms with Gasteiger partial charge in [-0.1, -0.05) is 22.0 Å². The topological polar surface area (TPSA) is 44.5 Å². The zero-order valence-electron chi connectivity index (χ0n) is 8.83. The molecule has 0 unspecified atom stereocenters. The highest BCUT2D eigenvalue weighted by atomic mass is 79.9. The number of anilines is 1. The molecule has 0 saturated carbocycles. The van der Waals surface area contributed by atoms with Gasteiger partial charge >= 0.3 is 0 Å². The van der Waals surface area contributed by atoms with Gasteiger partial charge in [-0.15, -0.1) is 0 Å². The molecule has 0 saturated heterocycles. The monoisotopic (exact) mass is 273 g/mol. The van der Waals surface area contributed by atoms with Gasteiger partial charge in [0, 0.05) is 22.3 Å². The maximum absolute atomic E-state index is 5.82. The highest BCUT2D eigenvalue weighted by Gasteiger charge is 1.99. The van der Waals surface area contributed by atoms with Crippen LogP contribution in [0, 0.1) is 0 Å². The average Bonchev–Trinajstić information content (AvgIpc) is 2.20. The van der Waals surface area contributed by atoms with E-state index in [1.54, 1.807) is 0 Å². The summed E-state index contributed by atoms with van der Waals surface area (Å²) in [6, 6.07) is 5.79. The fourth-order valence-electron chi connectivity index (χ4n) is 1.14. The van der Waals surface area contributed by atoms with E-state index in [2.05, 4.69) is 15.9 Å². The van der Waals surface area contributed by atoms with Crippen molar-refractivity contribution in [3.8, 4) is 0 Å². The third kappa shape index (κ3) is 4.64. The molecule has 0 aromatic heterocycles. The third-order valence-electron chi connectivity index (χ3n) is 1.94. The van der Waals surface area contributed by atoms with Crippen molar-refractivity contribution in [1.29, 1.82) is 0 Å². The predicted molar refractivity (Wildman–Crippen MR) is 64.7 cm³/mol. The van der Waals surface area contributed by atoms with E-state index in [-0.39, 0.29) is 0 Å². The van der Waals surface area contributed by atoms with Crippen molar-refractivity contribution in [1.82, 2.24) is 0 Å². The number of hydrogen-bond acceptors (Lipinski definition) is 3. The molecule has 3 nitrogen and oxygen atoms in total. The van der Waals surface area contributed by atoms with Gasteiger partial charge in [0.1, 0.15) is 0 Å². The summed E-state index contributed by atoms with van der Waals surface area (Å²) < 4.78 is 11.6. The van der Waals surface area contributed by atoms with Crippen LogP contribution in [0.1, 0.15) is 12.5 Å². The van der Waals surface area contributed by atoms with Gasteiger partial charge in [0.05, 0.1) is 19.8 Å². The van der Waals surface area contributed by atoms with Gasteiger partial charge in [0.25, 0.3) is 0 Å². The van der Waals surface area contributed by atoms with Crippen molar-refractivity contribution in [2.45, 2.75) is 13.5 Å². The maximum atomic E-state index is 5.82. The lowest BCUT2D eigenvalue weighted by atomic mass is 10.2. The van der Waals surface area contributed by atoms with Crippen LogP contribution in [0.5, 0.6) is 0 Å². The van der Waals surface area contributed by atoms with E-state index >= 15 is 0 Å². The summed E-state index contributed by atoms with van der Waals surface area (Å²) in [5, 5.41) is 0. The molecule has 2 N–H and O–H groups in total. The summed E-state index contributed by atoms with van der Waals surface area (Å²) in [6.45, 7) is 4.46. The number of nitrogens with two attached hydrogens (primary N) is 1. The molecular formula is C11H16BrNO2. The molecule has 0 heterocycles. The van der Waals surface area contributed by atoms with Gasteiger partial charge in [-0.3, -0.25) is 0 Å². The van der Waals surface area contributed by atoms with Crippen LogP contribution < -0.4 is 5.73 Å². The zero-order chi connectivity index (χ0) is 11.1. The van der Waals surface area contributed by atoms with Crippen molar-refractivity contribution in [2.75, 3.05) is 25.6 Å². The lowest BCUT2D eigenvalue weighted by Gasteiger charge is -2.07. The van der Waals surface area contributed by atoms with E-state index in [4.69, 9.17) is 15.2 Å². The first kappa shape index (κ1) is 12.5. The molecule has 0 bridgehead atoms. The smallest absolute Gasteiger partial charge is 0.0738 e. The van der Waals surface area contributed by atoms with Gasteiger partial charge in [0.2, 0.25) is 0 Å². The molecule has 4 heteroatoms. The Morgan fingerprint density at radius 2 is 2.00 bits per heavy atom. The van der Waals surface area contributed by atoms with Crippen molar-refractivity contribution in [3.05, 3.63) is 28.2 Å². The van der Waals surface area contributed by atoms with E-state index in [1.807, 2.05) is 25.1 Å². The van der Waals surface area contributed by atoms with E-state index < -0.39 is 0 Å². The molecule has 0 atom stereocenters. The van der Waals surface area contributed by atoms with Crippen LogP contribution in [-0.4, -0.2) is 19.8 Å². The van der Waals surface area contributed by atoms with E-state index in [0.717, 1.165) is 22.3 Å². The minimum atomic E-state index is 0.534. The number of halogens is 1. The summed E-state index contributed by atoms with van der Waals surface area (Å²) >= 11 is 3.36. The minimum absolute atomic E-state index is 0.534. The van der Waals surface area contributed by atoms with Crippen LogP contribution in [-0.2, 0) is 16.1 Å². The third-order valence-corrected chi connectivity index (χ3v) is 2.43. The lowest BCUT2D eigenvalue weighted by Crippen LogP contribution is -2.05. The normalized spacial score (nSPS) is 10.5. The second-order valence-electron chi connectivity index (χ2n) is 3.09. The average molecular weight is 274 g/mol. The summed E-state index contributed by atoms with van der Waals surface area (Å²) in [6.07, 6.45) is 0. The Bertz CT molecular complexity index is 305. The fourth-order valence-corrected chi connectivity index (χ4v) is 1.52.